The SMILES string of the molecule is CCCNC(=O)Nc1cccc(OC(=O)N(CC#N)c2cccc(Cl)c2)c1. The summed E-state index contributed by atoms with van der Waals surface area (Å²) in [5.41, 5.74) is 0.922. The van der Waals surface area contributed by atoms with Gasteiger partial charge in [-0.25, -0.2) is 9.59 Å². The Balaban J connectivity index is 2.10. The van der Waals surface area contributed by atoms with Gasteiger partial charge in [0.25, 0.3) is 0 Å². The lowest BCUT2D eigenvalue weighted by Crippen LogP contribution is -2.34. The molecule has 7 nitrogen and oxygen atoms in total. The Morgan fingerprint density at radius 1 is 1.22 bits per heavy atom. The maximum absolute atomic E-state index is 12.5. The highest BCUT2D eigenvalue weighted by atomic mass is 35.5. The minimum absolute atomic E-state index is 0.198. The van der Waals surface area contributed by atoms with Crippen LogP contribution in [0.1, 0.15) is 13.3 Å². The molecule has 0 fully saturated rings. The fourth-order valence-electron chi connectivity index (χ4n) is 2.18. The number of hydrogen-bond donors (Lipinski definition) is 2. The van der Waals surface area contributed by atoms with E-state index in [1.54, 1.807) is 42.5 Å². The zero-order valence-corrected chi connectivity index (χ0v) is 15.5. The van der Waals surface area contributed by atoms with Crippen molar-refractivity contribution in [3.05, 3.63) is 53.6 Å². The van der Waals surface area contributed by atoms with Crippen LogP contribution in [0.2, 0.25) is 5.02 Å². The van der Waals surface area contributed by atoms with Gasteiger partial charge in [0.1, 0.15) is 12.3 Å². The Bertz CT molecular complexity index is 851. The highest BCUT2D eigenvalue weighted by Crippen LogP contribution is 2.22. The van der Waals surface area contributed by atoms with Gasteiger partial charge in [-0.15, -0.1) is 0 Å². The van der Waals surface area contributed by atoms with Gasteiger partial charge in [0.05, 0.1) is 6.07 Å². The number of hydrogen-bond acceptors (Lipinski definition) is 4. The Kier molecular flexibility index (Phi) is 7.47. The van der Waals surface area contributed by atoms with Gasteiger partial charge in [0.2, 0.25) is 0 Å². The summed E-state index contributed by atoms with van der Waals surface area (Å²) in [6, 6.07) is 14.6. The molecule has 0 radical (unpaired) electrons. The first-order valence-corrected chi connectivity index (χ1v) is 8.68. The monoisotopic (exact) mass is 386 g/mol. The number of nitriles is 1. The molecule has 2 N–H and O–H groups in total. The third-order valence-corrected chi connectivity index (χ3v) is 3.64. The van der Waals surface area contributed by atoms with E-state index < -0.39 is 6.09 Å². The molecular weight excluding hydrogens is 368 g/mol. The third kappa shape index (κ3) is 6.20. The molecule has 8 heteroatoms. The summed E-state index contributed by atoms with van der Waals surface area (Å²) in [5, 5.41) is 14.8. The Morgan fingerprint density at radius 2 is 2.00 bits per heavy atom. The lowest BCUT2D eigenvalue weighted by Gasteiger charge is -2.19. The van der Waals surface area contributed by atoms with Crippen LogP contribution in [0.25, 0.3) is 0 Å². The van der Waals surface area contributed by atoms with Crippen LogP contribution < -0.4 is 20.3 Å². The van der Waals surface area contributed by atoms with Gasteiger partial charge < -0.3 is 15.4 Å². The van der Waals surface area contributed by atoms with E-state index in [-0.39, 0.29) is 18.3 Å². The van der Waals surface area contributed by atoms with Gasteiger partial charge in [0.15, 0.2) is 0 Å². The number of nitrogens with zero attached hydrogens (tertiary/aromatic N) is 2. The number of nitrogens with one attached hydrogen (secondary N) is 2. The number of amides is 3. The zero-order valence-electron chi connectivity index (χ0n) is 14.7. The fraction of sp³-hybridized carbons (Fsp3) is 0.211. The molecule has 3 amide bonds. The second-order valence-corrected chi connectivity index (χ2v) is 5.94. The first-order chi connectivity index (χ1) is 13.0. The van der Waals surface area contributed by atoms with Crippen molar-refractivity contribution in [2.45, 2.75) is 13.3 Å². The van der Waals surface area contributed by atoms with Gasteiger partial charge in [-0.05, 0) is 36.8 Å². The second-order valence-electron chi connectivity index (χ2n) is 5.50. The molecule has 0 saturated heterocycles. The second kappa shape index (κ2) is 10.0. The summed E-state index contributed by atoms with van der Waals surface area (Å²) in [6.45, 7) is 2.31. The van der Waals surface area contributed by atoms with Crippen molar-refractivity contribution < 1.29 is 14.3 Å². The van der Waals surface area contributed by atoms with E-state index in [0.717, 1.165) is 6.42 Å². The summed E-state index contributed by atoms with van der Waals surface area (Å²) in [4.78, 5) is 25.4. The van der Waals surface area contributed by atoms with Crippen LogP contribution in [0.3, 0.4) is 0 Å². The molecule has 0 aliphatic rings. The largest absolute Gasteiger partial charge is 0.420 e. The Hall–Kier alpha value is -3.24. The Morgan fingerprint density at radius 3 is 2.70 bits per heavy atom. The van der Waals surface area contributed by atoms with E-state index in [4.69, 9.17) is 21.6 Å². The predicted molar refractivity (Wildman–Crippen MR) is 104 cm³/mol. The van der Waals surface area contributed by atoms with Crippen LogP contribution in [0.4, 0.5) is 21.0 Å². The van der Waals surface area contributed by atoms with Gasteiger partial charge in [0, 0.05) is 29.0 Å². The number of anilines is 2. The van der Waals surface area contributed by atoms with Crippen molar-refractivity contribution in [2.24, 2.45) is 0 Å². The number of urea groups is 1. The molecule has 0 heterocycles. The molecule has 2 rings (SSSR count). The minimum atomic E-state index is -0.730. The van der Waals surface area contributed by atoms with Crippen molar-refractivity contribution >= 4 is 35.1 Å². The molecule has 0 bridgehead atoms. The minimum Gasteiger partial charge on any atom is -0.410 e. The molecule has 0 aliphatic carbocycles. The molecule has 2 aromatic carbocycles. The standard InChI is InChI=1S/C19H19ClN4O3/c1-2-10-22-18(25)23-15-6-4-8-17(13-15)27-19(26)24(11-9-21)16-7-3-5-14(20)12-16/h3-8,12-13H,2,10-11H2,1H3,(H2,22,23,25). The van der Waals surface area contributed by atoms with Crippen LogP contribution >= 0.6 is 11.6 Å². The molecule has 27 heavy (non-hydrogen) atoms. The van der Waals surface area contributed by atoms with Gasteiger partial charge in [-0.2, -0.15) is 5.26 Å². The average molecular weight is 387 g/mol. The van der Waals surface area contributed by atoms with E-state index in [1.807, 2.05) is 13.0 Å². The molecule has 2 aromatic rings. The average Bonchev–Trinajstić information content (AvgIpc) is 2.64. The Labute approximate surface area is 162 Å². The number of rotatable bonds is 6. The van der Waals surface area contributed by atoms with E-state index in [0.29, 0.717) is 22.9 Å². The summed E-state index contributed by atoms with van der Waals surface area (Å²) >= 11 is 5.95. The van der Waals surface area contributed by atoms with Gasteiger partial charge >= 0.3 is 12.1 Å². The third-order valence-electron chi connectivity index (χ3n) is 3.40. The molecule has 0 atom stereocenters. The van der Waals surface area contributed by atoms with Crippen LogP contribution in [-0.4, -0.2) is 25.2 Å². The summed E-state index contributed by atoms with van der Waals surface area (Å²) in [6.07, 6.45) is 0.0925. The lowest BCUT2D eigenvalue weighted by molar-refractivity contribution is 0.208. The van der Waals surface area contributed by atoms with Crippen LogP contribution in [0, 0.1) is 11.3 Å². The first kappa shape index (κ1) is 20.1. The molecule has 0 aromatic heterocycles. The highest BCUT2D eigenvalue weighted by Gasteiger charge is 2.18. The smallest absolute Gasteiger partial charge is 0.410 e. The van der Waals surface area contributed by atoms with Crippen molar-refractivity contribution in [2.75, 3.05) is 23.3 Å². The topological polar surface area (TPSA) is 94.5 Å². The van der Waals surface area contributed by atoms with E-state index in [9.17, 15) is 9.59 Å². The normalized spacial score (nSPS) is 9.81. The van der Waals surface area contributed by atoms with Crippen molar-refractivity contribution in [1.29, 1.82) is 5.26 Å². The first-order valence-electron chi connectivity index (χ1n) is 8.30. The van der Waals surface area contributed by atoms with Crippen molar-refractivity contribution in [1.82, 2.24) is 5.32 Å². The van der Waals surface area contributed by atoms with Gasteiger partial charge in [-0.3, -0.25) is 4.90 Å². The predicted octanol–water partition coefficient (Wildman–Crippen LogP) is 4.40. The van der Waals surface area contributed by atoms with Crippen LogP contribution in [-0.2, 0) is 0 Å². The van der Waals surface area contributed by atoms with E-state index in [2.05, 4.69) is 10.6 Å². The number of halogens is 1. The molecule has 140 valence electrons. The maximum atomic E-state index is 12.5. The van der Waals surface area contributed by atoms with Gasteiger partial charge in [-0.1, -0.05) is 30.7 Å². The van der Waals surface area contributed by atoms with Crippen molar-refractivity contribution in [3.8, 4) is 11.8 Å². The highest BCUT2D eigenvalue weighted by molar-refractivity contribution is 6.30. The van der Waals surface area contributed by atoms with Crippen LogP contribution in [0.15, 0.2) is 48.5 Å². The number of benzene rings is 2. The van der Waals surface area contributed by atoms with Crippen LogP contribution in [0.5, 0.6) is 5.75 Å². The number of carbonyl (C=O) groups is 2. The molecule has 0 saturated carbocycles. The molecule has 0 unspecified atom stereocenters. The van der Waals surface area contributed by atoms with E-state index >= 15 is 0 Å². The van der Waals surface area contributed by atoms with E-state index in [1.165, 1.54) is 11.0 Å². The maximum Gasteiger partial charge on any atom is 0.420 e. The summed E-state index contributed by atoms with van der Waals surface area (Å²) in [7, 11) is 0. The number of carbonyl (C=O) groups excluding carboxylic acids is 2. The summed E-state index contributed by atoms with van der Waals surface area (Å²) < 4.78 is 5.35. The number of ether oxygens (including phenoxy) is 1. The fourth-order valence-corrected chi connectivity index (χ4v) is 2.37. The molecule has 0 spiro atoms. The quantitative estimate of drug-likeness (QED) is 0.719. The molecular formula is C19H19ClN4O3. The lowest BCUT2D eigenvalue weighted by atomic mass is 10.3. The zero-order chi connectivity index (χ0) is 19.6. The summed E-state index contributed by atoms with van der Waals surface area (Å²) in [5.74, 6) is 0.234. The van der Waals surface area contributed by atoms with Crippen molar-refractivity contribution in [3.63, 3.8) is 0 Å². The molecule has 0 aliphatic heterocycles.